The van der Waals surface area contributed by atoms with E-state index in [-0.39, 0.29) is 30.6 Å². The minimum absolute atomic E-state index is 0.0402. The van der Waals surface area contributed by atoms with Crippen LogP contribution in [0.1, 0.15) is 46.1 Å². The van der Waals surface area contributed by atoms with Crippen LogP contribution in [0, 0.1) is 0 Å². The lowest BCUT2D eigenvalue weighted by Crippen LogP contribution is -2.27. The molecule has 0 saturated carbocycles. The molecule has 1 aliphatic rings. The Labute approximate surface area is 128 Å². The molecule has 0 aliphatic heterocycles. The van der Waals surface area contributed by atoms with Gasteiger partial charge < -0.3 is 5.32 Å². The SMILES string of the molecule is O=C(CCC(=O)c1cccs1)N[C@@H]1CCc2ccccc21. The van der Waals surface area contributed by atoms with Crippen molar-refractivity contribution in [2.75, 3.05) is 0 Å². The molecule has 0 fully saturated rings. The Kier molecular flexibility index (Phi) is 4.15. The molecule has 108 valence electrons. The van der Waals surface area contributed by atoms with E-state index in [9.17, 15) is 9.59 Å². The van der Waals surface area contributed by atoms with Crippen molar-refractivity contribution >= 4 is 23.0 Å². The average molecular weight is 299 g/mol. The van der Waals surface area contributed by atoms with Gasteiger partial charge in [-0.25, -0.2) is 0 Å². The summed E-state index contributed by atoms with van der Waals surface area (Å²) in [5, 5.41) is 4.93. The summed E-state index contributed by atoms with van der Waals surface area (Å²) in [6.45, 7) is 0. The second kappa shape index (κ2) is 6.22. The number of fused-ring (bicyclic) bond motifs is 1. The van der Waals surface area contributed by atoms with Crippen LogP contribution in [0.15, 0.2) is 41.8 Å². The van der Waals surface area contributed by atoms with Gasteiger partial charge in [0.2, 0.25) is 5.91 Å². The fourth-order valence-corrected chi connectivity index (χ4v) is 3.46. The normalized spacial score (nSPS) is 16.5. The van der Waals surface area contributed by atoms with Crippen molar-refractivity contribution in [3.05, 3.63) is 57.8 Å². The van der Waals surface area contributed by atoms with E-state index in [1.165, 1.54) is 22.5 Å². The lowest BCUT2D eigenvalue weighted by molar-refractivity contribution is -0.121. The first-order valence-corrected chi connectivity index (χ1v) is 8.06. The summed E-state index contributed by atoms with van der Waals surface area (Å²) in [4.78, 5) is 24.6. The molecule has 1 heterocycles. The number of thiophene rings is 1. The van der Waals surface area contributed by atoms with Crippen molar-refractivity contribution in [1.82, 2.24) is 5.32 Å². The first kappa shape index (κ1) is 14.0. The Bertz CT molecular complexity index is 649. The molecule has 2 aromatic rings. The Morgan fingerprint density at radius 1 is 1.14 bits per heavy atom. The minimum atomic E-state index is -0.0402. The summed E-state index contributed by atoms with van der Waals surface area (Å²) in [7, 11) is 0. The van der Waals surface area contributed by atoms with E-state index in [4.69, 9.17) is 0 Å². The molecule has 4 heteroatoms. The number of hydrogen-bond donors (Lipinski definition) is 1. The van der Waals surface area contributed by atoms with Gasteiger partial charge in [-0.1, -0.05) is 30.3 Å². The molecule has 3 rings (SSSR count). The molecule has 0 spiro atoms. The number of aryl methyl sites for hydroxylation is 1. The summed E-state index contributed by atoms with van der Waals surface area (Å²) in [5.74, 6) is 0.00795. The summed E-state index contributed by atoms with van der Waals surface area (Å²) >= 11 is 1.43. The lowest BCUT2D eigenvalue weighted by Gasteiger charge is -2.13. The van der Waals surface area contributed by atoms with Crippen molar-refractivity contribution in [2.45, 2.75) is 31.7 Å². The smallest absolute Gasteiger partial charge is 0.220 e. The zero-order valence-electron chi connectivity index (χ0n) is 11.7. The minimum Gasteiger partial charge on any atom is -0.349 e. The standard InChI is InChI=1S/C17H17NO2S/c19-15(16-6-3-11-21-16)9-10-17(20)18-14-8-7-12-4-1-2-5-13(12)14/h1-6,11,14H,7-10H2,(H,18,20)/t14-/m1/s1. The van der Waals surface area contributed by atoms with Crippen LogP contribution in [0.25, 0.3) is 0 Å². The van der Waals surface area contributed by atoms with Gasteiger partial charge in [-0.15, -0.1) is 11.3 Å². The highest BCUT2D eigenvalue weighted by Gasteiger charge is 2.23. The maximum Gasteiger partial charge on any atom is 0.220 e. The molecule has 1 N–H and O–H groups in total. The molecule has 21 heavy (non-hydrogen) atoms. The van der Waals surface area contributed by atoms with Crippen molar-refractivity contribution in [2.24, 2.45) is 0 Å². The van der Waals surface area contributed by atoms with E-state index in [1.807, 2.05) is 23.6 Å². The number of ketones is 1. The number of carbonyl (C=O) groups is 2. The molecule has 0 saturated heterocycles. The van der Waals surface area contributed by atoms with Crippen LogP contribution in [-0.4, -0.2) is 11.7 Å². The van der Waals surface area contributed by atoms with E-state index in [0.717, 1.165) is 17.7 Å². The third-order valence-corrected chi connectivity index (χ3v) is 4.75. The van der Waals surface area contributed by atoms with Gasteiger partial charge in [0.25, 0.3) is 0 Å². The molecule has 0 bridgehead atoms. The summed E-state index contributed by atoms with van der Waals surface area (Å²) in [6.07, 6.45) is 2.50. The summed E-state index contributed by atoms with van der Waals surface area (Å²) < 4.78 is 0. The Morgan fingerprint density at radius 2 is 2.00 bits per heavy atom. The molecule has 1 aromatic heterocycles. The van der Waals surface area contributed by atoms with Gasteiger partial charge in [0.1, 0.15) is 0 Å². The fourth-order valence-electron chi connectivity index (χ4n) is 2.76. The quantitative estimate of drug-likeness (QED) is 0.859. The number of benzene rings is 1. The highest BCUT2D eigenvalue weighted by Crippen LogP contribution is 2.30. The molecule has 0 radical (unpaired) electrons. The van der Waals surface area contributed by atoms with Crippen molar-refractivity contribution in [3.8, 4) is 0 Å². The fraction of sp³-hybridized carbons (Fsp3) is 0.294. The second-order valence-electron chi connectivity index (χ2n) is 5.26. The van der Waals surface area contributed by atoms with Crippen LogP contribution in [-0.2, 0) is 11.2 Å². The van der Waals surface area contributed by atoms with Crippen LogP contribution in [0.4, 0.5) is 0 Å². The third-order valence-electron chi connectivity index (χ3n) is 3.84. The van der Waals surface area contributed by atoms with Crippen LogP contribution in [0.3, 0.4) is 0 Å². The number of Topliss-reactive ketones (excluding diaryl/α,β-unsaturated/α-hetero) is 1. The zero-order valence-corrected chi connectivity index (χ0v) is 12.5. The van der Waals surface area contributed by atoms with Gasteiger partial charge in [0.15, 0.2) is 5.78 Å². The first-order valence-electron chi connectivity index (χ1n) is 7.18. The Balaban J connectivity index is 1.52. The van der Waals surface area contributed by atoms with E-state index < -0.39 is 0 Å². The molecule has 3 nitrogen and oxygen atoms in total. The van der Waals surface area contributed by atoms with E-state index in [1.54, 1.807) is 6.07 Å². The number of carbonyl (C=O) groups excluding carboxylic acids is 2. The van der Waals surface area contributed by atoms with E-state index in [2.05, 4.69) is 17.4 Å². The van der Waals surface area contributed by atoms with Gasteiger partial charge in [-0.05, 0) is 35.4 Å². The van der Waals surface area contributed by atoms with Crippen LogP contribution in [0.2, 0.25) is 0 Å². The van der Waals surface area contributed by atoms with Gasteiger partial charge in [-0.2, -0.15) is 0 Å². The van der Waals surface area contributed by atoms with Gasteiger partial charge in [-0.3, -0.25) is 9.59 Å². The lowest BCUT2D eigenvalue weighted by atomic mass is 10.1. The van der Waals surface area contributed by atoms with Crippen molar-refractivity contribution < 1.29 is 9.59 Å². The predicted octanol–water partition coefficient (Wildman–Crippen LogP) is 3.51. The second-order valence-corrected chi connectivity index (χ2v) is 6.21. The predicted molar refractivity (Wildman–Crippen MR) is 83.5 cm³/mol. The highest BCUT2D eigenvalue weighted by atomic mass is 32.1. The molecular weight excluding hydrogens is 282 g/mol. The van der Waals surface area contributed by atoms with E-state index in [0.29, 0.717) is 0 Å². The van der Waals surface area contributed by atoms with Gasteiger partial charge in [0.05, 0.1) is 10.9 Å². The van der Waals surface area contributed by atoms with Crippen LogP contribution < -0.4 is 5.32 Å². The third kappa shape index (κ3) is 3.22. The number of nitrogens with one attached hydrogen (secondary N) is 1. The number of amides is 1. The number of rotatable bonds is 5. The topological polar surface area (TPSA) is 46.2 Å². The van der Waals surface area contributed by atoms with Crippen molar-refractivity contribution in [1.29, 1.82) is 0 Å². The Hall–Kier alpha value is -1.94. The van der Waals surface area contributed by atoms with E-state index >= 15 is 0 Å². The van der Waals surface area contributed by atoms with Gasteiger partial charge >= 0.3 is 0 Å². The summed E-state index contributed by atoms with van der Waals surface area (Å²) in [5.41, 5.74) is 2.54. The largest absolute Gasteiger partial charge is 0.349 e. The maximum atomic E-state index is 12.0. The maximum absolute atomic E-state index is 12.0. The van der Waals surface area contributed by atoms with Crippen LogP contribution >= 0.6 is 11.3 Å². The molecule has 1 aromatic carbocycles. The molecule has 1 atom stereocenters. The zero-order chi connectivity index (χ0) is 14.7. The first-order chi connectivity index (χ1) is 10.2. The van der Waals surface area contributed by atoms with Crippen LogP contribution in [0.5, 0.6) is 0 Å². The molecule has 1 amide bonds. The summed E-state index contributed by atoms with van der Waals surface area (Å²) in [6, 6.07) is 12.0. The Morgan fingerprint density at radius 3 is 2.81 bits per heavy atom. The van der Waals surface area contributed by atoms with Gasteiger partial charge in [0, 0.05) is 12.8 Å². The number of hydrogen-bond acceptors (Lipinski definition) is 3. The molecular formula is C17H17NO2S. The van der Waals surface area contributed by atoms with Crippen molar-refractivity contribution in [3.63, 3.8) is 0 Å². The molecule has 0 unspecified atom stereocenters. The average Bonchev–Trinajstić information content (AvgIpc) is 3.15. The molecule has 1 aliphatic carbocycles. The monoisotopic (exact) mass is 299 g/mol. The highest BCUT2D eigenvalue weighted by molar-refractivity contribution is 7.12.